The highest BCUT2D eigenvalue weighted by Gasteiger charge is 2.31. The first-order chi connectivity index (χ1) is 9.80. The number of carbonyl (C=O) groups is 1. The average Bonchev–Trinajstić information content (AvgIpc) is 2.39. The molecule has 0 saturated carbocycles. The predicted molar refractivity (Wildman–Crippen MR) is 73.0 cm³/mol. The molecule has 8 heteroatoms. The van der Waals surface area contributed by atoms with E-state index in [1.165, 1.54) is 6.07 Å². The summed E-state index contributed by atoms with van der Waals surface area (Å²) in [6, 6.07) is 4.25. The molecule has 0 radical (unpaired) electrons. The van der Waals surface area contributed by atoms with E-state index in [1.807, 2.05) is 0 Å². The summed E-state index contributed by atoms with van der Waals surface area (Å²) in [6.45, 7) is 1.73. The second-order valence-corrected chi connectivity index (χ2v) is 5.26. The number of ether oxygens (including phenoxy) is 1. The van der Waals surface area contributed by atoms with Crippen LogP contribution in [0.25, 0.3) is 0 Å². The molecule has 0 unspecified atom stereocenters. The first-order valence-electron chi connectivity index (χ1n) is 5.84. The molecule has 0 fully saturated rings. The van der Waals surface area contributed by atoms with Gasteiger partial charge in [-0.25, -0.2) is 0 Å². The number of thioether (sulfide) groups is 1. The van der Waals surface area contributed by atoms with Crippen molar-refractivity contribution in [3.63, 3.8) is 0 Å². The van der Waals surface area contributed by atoms with Gasteiger partial charge in [-0.05, 0) is 41.9 Å². The van der Waals surface area contributed by atoms with Crippen LogP contribution < -0.4 is 0 Å². The second-order valence-electron chi connectivity index (χ2n) is 3.89. The summed E-state index contributed by atoms with van der Waals surface area (Å²) >= 11 is 5.34. The van der Waals surface area contributed by atoms with Crippen molar-refractivity contribution in [3.05, 3.63) is 28.8 Å². The minimum atomic E-state index is -4.53. The third-order valence-electron chi connectivity index (χ3n) is 2.43. The Kier molecular flexibility index (Phi) is 6.37. The first kappa shape index (κ1) is 17.7. The van der Waals surface area contributed by atoms with Crippen LogP contribution >= 0.6 is 23.4 Å². The van der Waals surface area contributed by atoms with Crippen molar-refractivity contribution in [2.24, 2.45) is 0 Å². The quantitative estimate of drug-likeness (QED) is 0.462. The number of benzene rings is 1. The number of nitriles is 1. The van der Waals surface area contributed by atoms with Crippen LogP contribution in [0.2, 0.25) is 0 Å². The summed E-state index contributed by atoms with van der Waals surface area (Å²) in [4.78, 5) is 11.3. The lowest BCUT2D eigenvalue weighted by Crippen LogP contribution is -2.11. The third-order valence-corrected chi connectivity index (χ3v) is 3.53. The van der Waals surface area contributed by atoms with Gasteiger partial charge < -0.3 is 4.74 Å². The molecule has 0 heterocycles. The van der Waals surface area contributed by atoms with Gasteiger partial charge in [0.15, 0.2) is 0 Å². The van der Waals surface area contributed by atoms with E-state index >= 15 is 0 Å². The number of halogens is 4. The van der Waals surface area contributed by atoms with Crippen molar-refractivity contribution in [2.75, 3.05) is 6.61 Å². The smallest absolute Gasteiger partial charge is 0.446 e. The fourth-order valence-electron chi connectivity index (χ4n) is 1.66. The molecule has 1 rings (SSSR count). The molecule has 0 atom stereocenters. The number of hydrogen-bond acceptors (Lipinski definition) is 4. The van der Waals surface area contributed by atoms with E-state index in [4.69, 9.17) is 21.6 Å². The van der Waals surface area contributed by atoms with Crippen LogP contribution in [0.5, 0.6) is 0 Å². The van der Waals surface area contributed by atoms with Gasteiger partial charge in [-0.1, -0.05) is 0 Å². The molecular formula is C13H11ClF3NO2S. The van der Waals surface area contributed by atoms with E-state index < -0.39 is 11.5 Å². The van der Waals surface area contributed by atoms with Crippen molar-refractivity contribution >= 4 is 29.3 Å². The summed E-state index contributed by atoms with van der Waals surface area (Å²) in [7, 11) is 0. The molecule has 0 amide bonds. The Morgan fingerprint density at radius 2 is 2.14 bits per heavy atom. The number of alkyl halides is 4. The Labute approximate surface area is 129 Å². The van der Waals surface area contributed by atoms with Crippen LogP contribution in [0.1, 0.15) is 23.6 Å². The Morgan fingerprint density at radius 1 is 1.48 bits per heavy atom. The monoisotopic (exact) mass is 337 g/mol. The van der Waals surface area contributed by atoms with Gasteiger partial charge in [0.05, 0.1) is 24.7 Å². The number of nitrogens with zero attached hydrogens (tertiary/aromatic N) is 1. The van der Waals surface area contributed by atoms with Crippen LogP contribution in [0, 0.1) is 11.3 Å². The highest BCUT2D eigenvalue weighted by molar-refractivity contribution is 8.00. The van der Waals surface area contributed by atoms with Crippen LogP contribution in [0.3, 0.4) is 0 Å². The van der Waals surface area contributed by atoms with Crippen molar-refractivity contribution in [1.29, 1.82) is 5.26 Å². The summed E-state index contributed by atoms with van der Waals surface area (Å²) in [5.74, 6) is -0.743. The van der Waals surface area contributed by atoms with Crippen molar-refractivity contribution in [2.45, 2.75) is 29.6 Å². The lowest BCUT2D eigenvalue weighted by atomic mass is 10.0. The number of carbonyl (C=O) groups excluding carboxylic acids is 1. The van der Waals surface area contributed by atoms with Crippen LogP contribution in [0.4, 0.5) is 13.2 Å². The van der Waals surface area contributed by atoms with Gasteiger partial charge in [-0.3, -0.25) is 4.79 Å². The molecule has 0 aliphatic heterocycles. The minimum absolute atomic E-state index is 0.0602. The molecular weight excluding hydrogens is 327 g/mol. The maximum absolute atomic E-state index is 12.6. The molecule has 0 N–H and O–H groups in total. The molecule has 0 aromatic heterocycles. The Balaban J connectivity index is 3.29. The van der Waals surface area contributed by atoms with Gasteiger partial charge in [0, 0.05) is 10.8 Å². The Bertz CT molecular complexity index is 570. The molecule has 1 aromatic rings. The SMILES string of the molecule is CCOC(=O)Cc1c(CCl)cc(C#N)cc1SC(F)(F)F. The molecule has 3 nitrogen and oxygen atoms in total. The highest BCUT2D eigenvalue weighted by atomic mass is 35.5. The second kappa shape index (κ2) is 7.57. The van der Waals surface area contributed by atoms with Gasteiger partial charge >= 0.3 is 11.5 Å². The van der Waals surface area contributed by atoms with E-state index in [0.717, 1.165) is 6.07 Å². The average molecular weight is 338 g/mol. The lowest BCUT2D eigenvalue weighted by Gasteiger charge is -2.14. The summed E-state index contributed by atoms with van der Waals surface area (Å²) in [5.41, 5.74) is -4.01. The normalized spacial score (nSPS) is 11.0. The predicted octanol–water partition coefficient (Wildman–Crippen LogP) is 4.01. The van der Waals surface area contributed by atoms with E-state index in [1.54, 1.807) is 13.0 Å². The van der Waals surface area contributed by atoms with Crippen molar-refractivity contribution in [1.82, 2.24) is 0 Å². The molecule has 0 bridgehead atoms. The molecule has 0 aliphatic rings. The zero-order valence-electron chi connectivity index (χ0n) is 11.0. The zero-order valence-corrected chi connectivity index (χ0v) is 12.5. The fourth-order valence-corrected chi connectivity index (χ4v) is 2.66. The summed E-state index contributed by atoms with van der Waals surface area (Å²) in [5, 5.41) is 8.86. The highest BCUT2D eigenvalue weighted by Crippen LogP contribution is 2.40. The van der Waals surface area contributed by atoms with Crippen molar-refractivity contribution in [3.8, 4) is 6.07 Å². The van der Waals surface area contributed by atoms with Gasteiger partial charge in [-0.15, -0.1) is 11.6 Å². The fraction of sp³-hybridized carbons (Fsp3) is 0.385. The van der Waals surface area contributed by atoms with Gasteiger partial charge in [0.1, 0.15) is 0 Å². The number of esters is 1. The molecule has 0 aliphatic carbocycles. The third kappa shape index (κ3) is 5.48. The Morgan fingerprint density at radius 3 is 2.62 bits per heavy atom. The summed E-state index contributed by atoms with van der Waals surface area (Å²) < 4.78 is 42.6. The van der Waals surface area contributed by atoms with Gasteiger partial charge in [-0.2, -0.15) is 18.4 Å². The molecule has 21 heavy (non-hydrogen) atoms. The standard InChI is InChI=1S/C13H11ClF3NO2S/c1-2-20-12(19)5-10-9(6-14)3-8(7-18)4-11(10)21-13(15,16)17/h3-4H,2,5-6H2,1H3. The number of hydrogen-bond donors (Lipinski definition) is 0. The maximum atomic E-state index is 12.6. The maximum Gasteiger partial charge on any atom is 0.446 e. The zero-order chi connectivity index (χ0) is 16.0. The largest absolute Gasteiger partial charge is 0.466 e. The first-order valence-corrected chi connectivity index (χ1v) is 7.19. The molecule has 0 saturated heterocycles. The number of rotatable bonds is 5. The lowest BCUT2D eigenvalue weighted by molar-refractivity contribution is -0.142. The minimum Gasteiger partial charge on any atom is -0.466 e. The van der Waals surface area contributed by atoms with Crippen molar-refractivity contribution < 1.29 is 22.7 Å². The van der Waals surface area contributed by atoms with Gasteiger partial charge in [0.2, 0.25) is 0 Å². The Hall–Kier alpha value is -1.39. The molecule has 1 aromatic carbocycles. The van der Waals surface area contributed by atoms with E-state index in [9.17, 15) is 18.0 Å². The van der Waals surface area contributed by atoms with Crippen LogP contribution in [-0.4, -0.2) is 18.1 Å². The molecule has 0 spiro atoms. The van der Waals surface area contributed by atoms with E-state index in [0.29, 0.717) is 5.56 Å². The van der Waals surface area contributed by atoms with Gasteiger partial charge in [0.25, 0.3) is 0 Å². The van der Waals surface area contributed by atoms with E-state index in [-0.39, 0.29) is 46.7 Å². The van der Waals surface area contributed by atoms with E-state index in [2.05, 4.69) is 0 Å². The topological polar surface area (TPSA) is 50.1 Å². The molecule has 114 valence electrons. The summed E-state index contributed by atoms with van der Waals surface area (Å²) in [6.07, 6.45) is -0.319. The van der Waals surface area contributed by atoms with Crippen LogP contribution in [-0.2, 0) is 21.8 Å². The van der Waals surface area contributed by atoms with Crippen LogP contribution in [0.15, 0.2) is 17.0 Å².